The molecule has 35 heavy (non-hydrogen) atoms. The number of nitrogens with one attached hydrogen (secondary N) is 2. The zero-order chi connectivity index (χ0) is 26.8. The molecule has 0 fully saturated rings. The number of aryl methyl sites for hydroxylation is 2. The molecule has 0 heterocycles. The van der Waals surface area contributed by atoms with Gasteiger partial charge in [0.25, 0.3) is 5.91 Å². The van der Waals surface area contributed by atoms with Crippen LogP contribution in [-0.2, 0) is 23.9 Å². The Kier molecular flexibility index (Phi) is 11.6. The molecular weight excluding hydrogens is 470 g/mol. The first kappa shape index (κ1) is 29.8. The fraction of sp³-hybridized carbons (Fsp3) is 0.520. The van der Waals surface area contributed by atoms with Gasteiger partial charge in [-0.15, -0.1) is 0 Å². The lowest BCUT2D eigenvalue weighted by atomic mass is 9.94. The fourth-order valence-corrected chi connectivity index (χ4v) is 3.81. The van der Waals surface area contributed by atoms with Crippen molar-refractivity contribution in [1.29, 1.82) is 0 Å². The summed E-state index contributed by atoms with van der Waals surface area (Å²) in [5.41, 5.74) is 1.23. The maximum atomic E-state index is 13.6. The van der Waals surface area contributed by atoms with E-state index >= 15 is 0 Å². The number of amides is 3. The number of nitrogens with zero attached hydrogens (tertiary/aromatic N) is 1. The highest BCUT2D eigenvalue weighted by Gasteiger charge is 2.37. The van der Waals surface area contributed by atoms with Gasteiger partial charge >= 0.3 is 12.1 Å². The Morgan fingerprint density at radius 3 is 2.26 bits per heavy atom. The molecule has 0 aliphatic carbocycles. The third kappa shape index (κ3) is 9.17. The third-order valence-corrected chi connectivity index (χ3v) is 5.58. The van der Waals surface area contributed by atoms with E-state index in [9.17, 15) is 19.2 Å². The molecule has 0 aromatic heterocycles. The molecule has 1 aromatic rings. The molecule has 0 saturated carbocycles. The summed E-state index contributed by atoms with van der Waals surface area (Å²) in [5.74, 6) is -1.40. The second-order valence-corrected chi connectivity index (χ2v) is 9.81. The molecule has 9 nitrogen and oxygen atoms in total. The van der Waals surface area contributed by atoms with Crippen molar-refractivity contribution in [3.05, 3.63) is 34.9 Å². The minimum atomic E-state index is -1.24. The highest BCUT2D eigenvalue weighted by Crippen LogP contribution is 2.28. The minimum absolute atomic E-state index is 0.265. The van der Waals surface area contributed by atoms with Crippen LogP contribution in [0.2, 0.25) is 0 Å². The van der Waals surface area contributed by atoms with Gasteiger partial charge < -0.3 is 20.1 Å². The zero-order valence-electron chi connectivity index (χ0n) is 21.4. The molecule has 2 N–H and O–H groups in total. The lowest BCUT2D eigenvalue weighted by Gasteiger charge is -2.31. The molecule has 0 aliphatic heterocycles. The molecule has 0 saturated heterocycles. The van der Waals surface area contributed by atoms with E-state index < -0.39 is 48.1 Å². The number of ether oxygens (including phenoxy) is 2. The highest BCUT2D eigenvalue weighted by atomic mass is 32.2. The van der Waals surface area contributed by atoms with E-state index in [2.05, 4.69) is 21.4 Å². The van der Waals surface area contributed by atoms with Crippen LogP contribution in [0, 0.1) is 26.3 Å². The zero-order valence-corrected chi connectivity index (χ0v) is 22.2. The lowest BCUT2D eigenvalue weighted by molar-refractivity contribution is -0.142. The topological polar surface area (TPSA) is 114 Å². The van der Waals surface area contributed by atoms with Gasteiger partial charge in [0.15, 0.2) is 0 Å². The summed E-state index contributed by atoms with van der Waals surface area (Å²) in [5, 5.41) is 5.08. The molecule has 2 unspecified atom stereocenters. The van der Waals surface area contributed by atoms with Crippen LogP contribution in [0.1, 0.15) is 49.9 Å². The minimum Gasteiger partial charge on any atom is -0.468 e. The third-order valence-electron chi connectivity index (χ3n) is 4.93. The molecule has 3 amide bonds. The van der Waals surface area contributed by atoms with Crippen molar-refractivity contribution >= 4 is 35.6 Å². The van der Waals surface area contributed by atoms with E-state index in [4.69, 9.17) is 11.2 Å². The average molecular weight is 506 g/mol. The lowest BCUT2D eigenvalue weighted by Crippen LogP contribution is -2.52. The van der Waals surface area contributed by atoms with Gasteiger partial charge in [0.1, 0.15) is 24.2 Å². The second-order valence-electron chi connectivity index (χ2n) is 8.82. The maximum Gasteiger partial charge on any atom is 0.408 e. The van der Waals surface area contributed by atoms with Gasteiger partial charge in [-0.1, -0.05) is 24.6 Å². The fourth-order valence-electron chi connectivity index (χ4n) is 3.34. The van der Waals surface area contributed by atoms with Crippen LogP contribution in [-0.4, -0.2) is 66.1 Å². The average Bonchev–Trinajstić information content (AvgIpc) is 2.77. The largest absolute Gasteiger partial charge is 0.468 e. The molecule has 10 heteroatoms. The van der Waals surface area contributed by atoms with Crippen molar-refractivity contribution in [3.63, 3.8) is 0 Å². The van der Waals surface area contributed by atoms with Gasteiger partial charge in [-0.25, -0.2) is 4.79 Å². The summed E-state index contributed by atoms with van der Waals surface area (Å²) in [6.45, 7) is 8.33. The van der Waals surface area contributed by atoms with E-state index in [-0.39, 0.29) is 6.42 Å². The quantitative estimate of drug-likeness (QED) is 0.285. The maximum absolute atomic E-state index is 13.6. The van der Waals surface area contributed by atoms with Crippen molar-refractivity contribution in [3.8, 4) is 12.5 Å². The van der Waals surface area contributed by atoms with E-state index in [0.29, 0.717) is 11.3 Å². The smallest absolute Gasteiger partial charge is 0.408 e. The molecule has 0 bridgehead atoms. The van der Waals surface area contributed by atoms with Crippen LogP contribution >= 0.6 is 11.8 Å². The van der Waals surface area contributed by atoms with Crippen LogP contribution in [0.3, 0.4) is 0 Å². The van der Waals surface area contributed by atoms with Crippen LogP contribution in [0.25, 0.3) is 0 Å². The Balaban J connectivity index is 3.43. The normalized spacial score (nSPS) is 12.5. The molecule has 0 radical (unpaired) electrons. The van der Waals surface area contributed by atoms with E-state index in [0.717, 1.165) is 16.0 Å². The number of methoxy groups -OCH3 is 1. The first-order chi connectivity index (χ1) is 16.4. The Morgan fingerprint density at radius 2 is 1.77 bits per heavy atom. The molecule has 1 aromatic carbocycles. The molecule has 2 atom stereocenters. The van der Waals surface area contributed by atoms with Crippen molar-refractivity contribution in [1.82, 2.24) is 15.5 Å². The summed E-state index contributed by atoms with van der Waals surface area (Å²) in [6.07, 6.45) is 7.13. The summed E-state index contributed by atoms with van der Waals surface area (Å²) in [4.78, 5) is 52.0. The Labute approximate surface area is 211 Å². The standard InChI is InChI=1S/C25H35N3O6S/c1-9-28(23(31)18(13-14-35-8)27-24(32)34-25(4,5)6)21(22(30)26-15-19(29)33-7)20-16(2)11-10-12-17(20)3/h1,10-12,18,21H,13-15H2,2-8H3,(H,26,30)(H,27,32). The SMILES string of the molecule is C#CN(C(=O)C(CCSC)NC(=O)OC(C)(C)C)C(C(=O)NCC(=O)OC)c1c(C)cccc1C. The van der Waals surface area contributed by atoms with Crippen LogP contribution in [0.4, 0.5) is 4.79 Å². The number of alkyl carbamates (subject to hydrolysis) is 1. The number of hydrogen-bond acceptors (Lipinski definition) is 7. The first-order valence-electron chi connectivity index (χ1n) is 11.0. The van der Waals surface area contributed by atoms with Crippen LogP contribution in [0.15, 0.2) is 18.2 Å². The summed E-state index contributed by atoms with van der Waals surface area (Å²) in [6, 6.07) is 5.47. The van der Waals surface area contributed by atoms with Crippen molar-refractivity contribution in [2.45, 2.75) is 58.7 Å². The number of hydrogen-bond donors (Lipinski definition) is 2. The molecule has 0 aliphatic rings. The number of benzene rings is 1. The van der Waals surface area contributed by atoms with Gasteiger partial charge in [-0.05, 0) is 69.7 Å². The second kappa shape index (κ2) is 13.6. The molecule has 192 valence electrons. The van der Waals surface area contributed by atoms with Gasteiger partial charge in [-0.2, -0.15) is 11.8 Å². The highest BCUT2D eigenvalue weighted by molar-refractivity contribution is 7.98. The summed E-state index contributed by atoms with van der Waals surface area (Å²) in [7, 11) is 1.20. The van der Waals surface area contributed by atoms with Crippen molar-refractivity contribution < 1.29 is 28.7 Å². The number of carbonyl (C=O) groups is 4. The number of thioether (sulfide) groups is 1. The van der Waals surface area contributed by atoms with Gasteiger partial charge in [0.05, 0.1) is 7.11 Å². The number of carbonyl (C=O) groups excluding carboxylic acids is 4. The van der Waals surface area contributed by atoms with Gasteiger partial charge in [0, 0.05) is 6.04 Å². The number of terminal acetylenes is 1. The van der Waals surface area contributed by atoms with E-state index in [1.54, 1.807) is 46.8 Å². The van der Waals surface area contributed by atoms with Crippen molar-refractivity contribution in [2.24, 2.45) is 0 Å². The summed E-state index contributed by atoms with van der Waals surface area (Å²) < 4.78 is 9.91. The van der Waals surface area contributed by atoms with E-state index in [1.165, 1.54) is 18.9 Å². The monoisotopic (exact) mass is 505 g/mol. The first-order valence-corrected chi connectivity index (χ1v) is 12.4. The van der Waals surface area contributed by atoms with E-state index in [1.807, 2.05) is 12.3 Å². The molecule has 1 rings (SSSR count). The predicted octanol–water partition coefficient (Wildman–Crippen LogP) is 2.70. The molecule has 0 spiro atoms. The number of esters is 1. The molecular formula is C25H35N3O6S. The Bertz CT molecular complexity index is 947. The van der Waals surface area contributed by atoms with Crippen LogP contribution < -0.4 is 10.6 Å². The van der Waals surface area contributed by atoms with Gasteiger partial charge in [-0.3, -0.25) is 19.3 Å². The Hall–Kier alpha value is -3.19. The van der Waals surface area contributed by atoms with Gasteiger partial charge in [0.2, 0.25) is 5.91 Å². The Morgan fingerprint density at radius 1 is 1.17 bits per heavy atom. The predicted molar refractivity (Wildman–Crippen MR) is 136 cm³/mol. The van der Waals surface area contributed by atoms with Crippen molar-refractivity contribution in [2.75, 3.05) is 25.7 Å². The van der Waals surface area contributed by atoms with Crippen LogP contribution in [0.5, 0.6) is 0 Å². The summed E-state index contributed by atoms with van der Waals surface area (Å²) >= 11 is 1.49. The number of rotatable bonds is 10.